The third-order valence-corrected chi connectivity index (χ3v) is 4.73. The number of nitrogens with one attached hydrogen (secondary N) is 1. The van der Waals surface area contributed by atoms with Gasteiger partial charge >= 0.3 is 0 Å². The highest BCUT2D eigenvalue weighted by Gasteiger charge is 2.21. The molecule has 0 amide bonds. The van der Waals surface area contributed by atoms with Gasteiger partial charge in [-0.15, -0.1) is 0 Å². The van der Waals surface area contributed by atoms with Gasteiger partial charge in [0.25, 0.3) is 0 Å². The molecule has 1 aromatic rings. The summed E-state index contributed by atoms with van der Waals surface area (Å²) in [5.74, 6) is 1.49. The van der Waals surface area contributed by atoms with Gasteiger partial charge < -0.3 is 20.2 Å². The van der Waals surface area contributed by atoms with E-state index in [9.17, 15) is 5.11 Å². The fraction of sp³-hybridized carbons (Fsp3) is 0.733. The van der Waals surface area contributed by atoms with Crippen molar-refractivity contribution in [3.05, 3.63) is 11.2 Å². The Hall–Kier alpha value is -1.11. The SMILES string of the molecule is CN1CCN(c2cc(Cl)nc(NC3CCC(O)CC3)n2)CC1. The molecule has 1 aliphatic heterocycles. The molecule has 0 aromatic carbocycles. The van der Waals surface area contributed by atoms with Crippen molar-refractivity contribution in [2.24, 2.45) is 0 Å². The Bertz CT molecular complexity index is 499. The van der Waals surface area contributed by atoms with E-state index in [0.717, 1.165) is 57.7 Å². The molecule has 7 heteroatoms. The molecule has 0 radical (unpaired) electrons. The van der Waals surface area contributed by atoms with E-state index < -0.39 is 0 Å². The molecule has 2 aliphatic rings. The lowest BCUT2D eigenvalue weighted by molar-refractivity contribution is 0.126. The van der Waals surface area contributed by atoms with Crippen LogP contribution in [-0.4, -0.2) is 65.3 Å². The quantitative estimate of drug-likeness (QED) is 0.823. The summed E-state index contributed by atoms with van der Waals surface area (Å²) in [6.45, 7) is 3.98. The minimum Gasteiger partial charge on any atom is -0.393 e. The fourth-order valence-corrected chi connectivity index (χ4v) is 3.25. The number of rotatable bonds is 3. The van der Waals surface area contributed by atoms with Crippen LogP contribution >= 0.6 is 11.6 Å². The summed E-state index contributed by atoms with van der Waals surface area (Å²) in [7, 11) is 2.13. The Morgan fingerprint density at radius 1 is 1.14 bits per heavy atom. The summed E-state index contributed by atoms with van der Waals surface area (Å²) in [6.07, 6.45) is 3.41. The third kappa shape index (κ3) is 4.00. The second-order valence-corrected chi connectivity index (χ2v) is 6.70. The Morgan fingerprint density at radius 3 is 2.50 bits per heavy atom. The molecule has 6 nitrogen and oxygen atoms in total. The van der Waals surface area contributed by atoms with Gasteiger partial charge in [0.05, 0.1) is 6.10 Å². The summed E-state index contributed by atoms with van der Waals surface area (Å²) < 4.78 is 0. The summed E-state index contributed by atoms with van der Waals surface area (Å²) in [6, 6.07) is 2.16. The lowest BCUT2D eigenvalue weighted by Gasteiger charge is -2.33. The molecule has 2 N–H and O–H groups in total. The van der Waals surface area contributed by atoms with E-state index in [2.05, 4.69) is 32.1 Å². The number of hydrogen-bond donors (Lipinski definition) is 2. The Labute approximate surface area is 136 Å². The van der Waals surface area contributed by atoms with Gasteiger partial charge in [-0.2, -0.15) is 4.98 Å². The van der Waals surface area contributed by atoms with E-state index in [4.69, 9.17) is 11.6 Å². The Balaban J connectivity index is 1.67. The topological polar surface area (TPSA) is 64.5 Å². The van der Waals surface area contributed by atoms with Crippen LogP contribution in [0.1, 0.15) is 25.7 Å². The number of nitrogens with zero attached hydrogens (tertiary/aromatic N) is 4. The number of anilines is 2. The lowest BCUT2D eigenvalue weighted by atomic mass is 9.93. The van der Waals surface area contributed by atoms with Crippen molar-refractivity contribution in [2.45, 2.75) is 37.8 Å². The maximum Gasteiger partial charge on any atom is 0.226 e. The molecule has 1 saturated heterocycles. The number of piperazine rings is 1. The predicted molar refractivity (Wildman–Crippen MR) is 88.6 cm³/mol. The molecule has 0 atom stereocenters. The smallest absolute Gasteiger partial charge is 0.226 e. The molecule has 0 bridgehead atoms. The van der Waals surface area contributed by atoms with Crippen LogP contribution < -0.4 is 10.2 Å². The van der Waals surface area contributed by atoms with Gasteiger partial charge in [0.1, 0.15) is 11.0 Å². The molecule has 2 heterocycles. The normalized spacial score (nSPS) is 27.0. The molecule has 2 fully saturated rings. The summed E-state index contributed by atoms with van der Waals surface area (Å²) in [5.41, 5.74) is 0. The van der Waals surface area contributed by atoms with Gasteiger partial charge in [-0.1, -0.05) is 11.6 Å². The van der Waals surface area contributed by atoms with Crippen molar-refractivity contribution in [1.82, 2.24) is 14.9 Å². The van der Waals surface area contributed by atoms with E-state index in [1.807, 2.05) is 6.07 Å². The first kappa shape index (κ1) is 15.8. The zero-order valence-corrected chi connectivity index (χ0v) is 13.8. The molecule has 1 saturated carbocycles. The summed E-state index contributed by atoms with van der Waals surface area (Å²) in [4.78, 5) is 13.5. The van der Waals surface area contributed by atoms with Crippen molar-refractivity contribution in [3.8, 4) is 0 Å². The first-order valence-electron chi connectivity index (χ1n) is 8.03. The van der Waals surface area contributed by atoms with Crippen LogP contribution in [0, 0.1) is 0 Å². The van der Waals surface area contributed by atoms with Gasteiger partial charge in [0.15, 0.2) is 0 Å². The number of aromatic nitrogens is 2. The van der Waals surface area contributed by atoms with Crippen LogP contribution in [0.3, 0.4) is 0 Å². The third-order valence-electron chi connectivity index (χ3n) is 4.54. The number of aliphatic hydroxyl groups excluding tert-OH is 1. The van der Waals surface area contributed by atoms with Gasteiger partial charge in [0, 0.05) is 38.3 Å². The zero-order chi connectivity index (χ0) is 15.5. The van der Waals surface area contributed by atoms with Gasteiger partial charge in [-0.3, -0.25) is 0 Å². The highest BCUT2D eigenvalue weighted by Crippen LogP contribution is 2.24. The molecular weight excluding hydrogens is 302 g/mol. The number of aliphatic hydroxyl groups is 1. The largest absolute Gasteiger partial charge is 0.393 e. The van der Waals surface area contributed by atoms with Crippen molar-refractivity contribution in [1.29, 1.82) is 0 Å². The number of halogens is 1. The standard InChI is InChI=1S/C15H24ClN5O/c1-20-6-8-21(9-7-20)14-10-13(16)18-15(19-14)17-11-2-4-12(22)5-3-11/h10-12,22H,2-9H2,1H3,(H,17,18,19). The molecule has 1 aromatic heterocycles. The van der Waals surface area contributed by atoms with Crippen LogP contribution in [0.25, 0.3) is 0 Å². The molecule has 122 valence electrons. The summed E-state index contributed by atoms with van der Waals surface area (Å²) >= 11 is 6.17. The maximum absolute atomic E-state index is 9.58. The van der Waals surface area contributed by atoms with Crippen LogP contribution in [-0.2, 0) is 0 Å². The second-order valence-electron chi connectivity index (χ2n) is 6.31. The minimum atomic E-state index is -0.153. The first-order chi connectivity index (χ1) is 10.6. The van der Waals surface area contributed by atoms with E-state index >= 15 is 0 Å². The van der Waals surface area contributed by atoms with Gasteiger partial charge in [-0.05, 0) is 32.7 Å². The average molecular weight is 326 g/mol. The lowest BCUT2D eigenvalue weighted by Crippen LogP contribution is -2.44. The molecule has 1 aliphatic carbocycles. The van der Waals surface area contributed by atoms with Crippen molar-refractivity contribution in [2.75, 3.05) is 43.4 Å². The number of likely N-dealkylation sites (N-methyl/N-ethyl adjacent to an activating group) is 1. The number of hydrogen-bond acceptors (Lipinski definition) is 6. The molecule has 3 rings (SSSR count). The highest BCUT2D eigenvalue weighted by atomic mass is 35.5. The van der Waals surface area contributed by atoms with E-state index in [1.165, 1.54) is 0 Å². The first-order valence-corrected chi connectivity index (χ1v) is 8.40. The predicted octanol–water partition coefficient (Wildman–Crippen LogP) is 1.60. The van der Waals surface area contributed by atoms with Crippen LogP contribution in [0.15, 0.2) is 6.07 Å². The second kappa shape index (κ2) is 6.98. The van der Waals surface area contributed by atoms with Crippen molar-refractivity contribution >= 4 is 23.4 Å². The summed E-state index contributed by atoms with van der Waals surface area (Å²) in [5, 5.41) is 13.4. The van der Waals surface area contributed by atoms with Crippen molar-refractivity contribution < 1.29 is 5.11 Å². The Morgan fingerprint density at radius 2 is 1.82 bits per heavy atom. The van der Waals surface area contributed by atoms with E-state index in [0.29, 0.717) is 17.1 Å². The molecular formula is C15H24ClN5O. The minimum absolute atomic E-state index is 0.153. The molecule has 0 spiro atoms. The van der Waals surface area contributed by atoms with Crippen LogP contribution in [0.5, 0.6) is 0 Å². The monoisotopic (exact) mass is 325 g/mol. The van der Waals surface area contributed by atoms with Gasteiger partial charge in [-0.25, -0.2) is 4.98 Å². The van der Waals surface area contributed by atoms with Crippen LogP contribution in [0.4, 0.5) is 11.8 Å². The average Bonchev–Trinajstić information content (AvgIpc) is 2.50. The molecule has 0 unspecified atom stereocenters. The Kier molecular flexibility index (Phi) is 5.00. The van der Waals surface area contributed by atoms with Crippen molar-refractivity contribution in [3.63, 3.8) is 0 Å². The fourth-order valence-electron chi connectivity index (χ4n) is 3.07. The van der Waals surface area contributed by atoms with Crippen LogP contribution in [0.2, 0.25) is 5.15 Å². The maximum atomic E-state index is 9.58. The van der Waals surface area contributed by atoms with E-state index in [1.54, 1.807) is 0 Å². The van der Waals surface area contributed by atoms with Gasteiger partial charge in [0.2, 0.25) is 5.95 Å². The molecule has 22 heavy (non-hydrogen) atoms. The highest BCUT2D eigenvalue weighted by molar-refractivity contribution is 6.29. The van der Waals surface area contributed by atoms with E-state index in [-0.39, 0.29) is 6.10 Å². The zero-order valence-electron chi connectivity index (χ0n) is 13.0.